The monoisotopic (exact) mass is 346 g/mol. The van der Waals surface area contributed by atoms with Gasteiger partial charge >= 0.3 is 0 Å². The van der Waals surface area contributed by atoms with E-state index < -0.39 is 11.5 Å². The molecular formula is C16H18N4O5. The van der Waals surface area contributed by atoms with Crippen molar-refractivity contribution in [3.63, 3.8) is 0 Å². The highest BCUT2D eigenvalue weighted by atomic mass is 16.5. The summed E-state index contributed by atoms with van der Waals surface area (Å²) in [6.45, 7) is 0. The van der Waals surface area contributed by atoms with Crippen LogP contribution < -0.4 is 30.8 Å². The Bertz CT molecular complexity index is 868. The quantitative estimate of drug-likeness (QED) is 0.748. The Morgan fingerprint density at radius 3 is 2.32 bits per heavy atom. The largest absolute Gasteiger partial charge is 0.493 e. The summed E-state index contributed by atoms with van der Waals surface area (Å²) in [7, 11) is 4.50. The van der Waals surface area contributed by atoms with E-state index in [-0.39, 0.29) is 24.1 Å². The van der Waals surface area contributed by atoms with Crippen LogP contribution in [0.3, 0.4) is 0 Å². The number of nitrogen functional groups attached to an aromatic ring is 1. The number of ether oxygens (including phenoxy) is 3. The summed E-state index contributed by atoms with van der Waals surface area (Å²) in [6, 6.07) is 3.42. The van der Waals surface area contributed by atoms with Gasteiger partial charge < -0.3 is 25.3 Å². The standard InChI is InChI=1S/C16H18N4O5/c1-23-9-4-7(5-10(24-2)13(9)25-3)8-6-11(21)18-14-12(8)15(22)20-16(17)19-14/h4-5,8H,6H2,1-3H3,(H4,17,18,19,20,21,22)/t8-/m0/s1. The number of aromatic nitrogens is 2. The first-order valence-corrected chi connectivity index (χ1v) is 7.48. The summed E-state index contributed by atoms with van der Waals surface area (Å²) >= 11 is 0. The van der Waals surface area contributed by atoms with E-state index in [9.17, 15) is 9.59 Å². The third kappa shape index (κ3) is 2.84. The van der Waals surface area contributed by atoms with E-state index in [4.69, 9.17) is 19.9 Å². The molecule has 0 saturated carbocycles. The van der Waals surface area contributed by atoms with Gasteiger partial charge in [-0.25, -0.2) is 0 Å². The third-order valence-corrected chi connectivity index (χ3v) is 4.06. The molecule has 0 radical (unpaired) electrons. The van der Waals surface area contributed by atoms with Gasteiger partial charge in [-0.2, -0.15) is 4.98 Å². The molecule has 9 nitrogen and oxygen atoms in total. The molecule has 132 valence electrons. The summed E-state index contributed by atoms with van der Waals surface area (Å²) in [6.07, 6.45) is 0.0836. The fourth-order valence-corrected chi connectivity index (χ4v) is 2.98. The Hall–Kier alpha value is -3.23. The predicted octanol–water partition coefficient (Wildman–Crippen LogP) is 0.852. The van der Waals surface area contributed by atoms with Crippen molar-refractivity contribution in [2.24, 2.45) is 0 Å². The van der Waals surface area contributed by atoms with Gasteiger partial charge in [-0.1, -0.05) is 0 Å². The lowest BCUT2D eigenvalue weighted by molar-refractivity contribution is -0.116. The zero-order valence-electron chi connectivity index (χ0n) is 14.0. The van der Waals surface area contributed by atoms with Gasteiger partial charge in [-0.15, -0.1) is 0 Å². The average molecular weight is 346 g/mol. The van der Waals surface area contributed by atoms with Crippen LogP contribution in [-0.2, 0) is 4.79 Å². The highest BCUT2D eigenvalue weighted by Gasteiger charge is 2.32. The topological polar surface area (TPSA) is 129 Å². The average Bonchev–Trinajstić information content (AvgIpc) is 2.58. The maximum atomic E-state index is 12.4. The second-order valence-electron chi connectivity index (χ2n) is 5.48. The molecule has 0 fully saturated rings. The molecule has 1 aliphatic heterocycles. The van der Waals surface area contributed by atoms with Crippen molar-refractivity contribution in [2.45, 2.75) is 12.3 Å². The molecule has 3 rings (SSSR count). The smallest absolute Gasteiger partial charge is 0.258 e. The number of carbonyl (C=O) groups excluding carboxylic acids is 1. The van der Waals surface area contributed by atoms with Crippen LogP contribution in [0.25, 0.3) is 0 Å². The predicted molar refractivity (Wildman–Crippen MR) is 90.5 cm³/mol. The number of hydrogen-bond donors (Lipinski definition) is 3. The van der Waals surface area contributed by atoms with Gasteiger partial charge in [0.25, 0.3) is 5.56 Å². The summed E-state index contributed by atoms with van der Waals surface area (Å²) in [5.41, 5.74) is 6.17. The molecule has 4 N–H and O–H groups in total. The number of fused-ring (bicyclic) bond motifs is 1. The number of H-pyrrole nitrogens is 1. The van der Waals surface area contributed by atoms with Crippen molar-refractivity contribution in [2.75, 3.05) is 32.4 Å². The SMILES string of the molecule is COc1cc([C@@H]2CC(=O)Nc3nc(N)[nH]c(=O)c32)cc(OC)c1OC. The second-order valence-corrected chi connectivity index (χ2v) is 5.48. The highest BCUT2D eigenvalue weighted by molar-refractivity contribution is 5.94. The minimum Gasteiger partial charge on any atom is -0.493 e. The molecule has 2 heterocycles. The molecule has 0 aliphatic carbocycles. The van der Waals surface area contributed by atoms with E-state index in [0.29, 0.717) is 28.4 Å². The summed E-state index contributed by atoms with van der Waals surface area (Å²) < 4.78 is 16.0. The van der Waals surface area contributed by atoms with Crippen LogP contribution >= 0.6 is 0 Å². The maximum absolute atomic E-state index is 12.4. The molecule has 1 aromatic heterocycles. The first kappa shape index (κ1) is 16.6. The number of rotatable bonds is 4. The van der Waals surface area contributed by atoms with Crippen molar-refractivity contribution in [3.8, 4) is 17.2 Å². The second kappa shape index (κ2) is 6.34. The number of nitrogens with two attached hydrogens (primary N) is 1. The Morgan fingerprint density at radius 1 is 1.12 bits per heavy atom. The van der Waals surface area contributed by atoms with Crippen molar-refractivity contribution < 1.29 is 19.0 Å². The minimum atomic E-state index is -0.519. The molecule has 1 aliphatic rings. The van der Waals surface area contributed by atoms with E-state index in [2.05, 4.69) is 15.3 Å². The third-order valence-electron chi connectivity index (χ3n) is 4.06. The zero-order valence-corrected chi connectivity index (χ0v) is 14.0. The normalized spacial score (nSPS) is 16.0. The van der Waals surface area contributed by atoms with E-state index >= 15 is 0 Å². The Labute approximate surface area is 143 Å². The number of nitrogens with one attached hydrogen (secondary N) is 2. The van der Waals surface area contributed by atoms with Crippen LogP contribution in [0.1, 0.15) is 23.5 Å². The fraction of sp³-hybridized carbons (Fsp3) is 0.312. The van der Waals surface area contributed by atoms with E-state index in [1.54, 1.807) is 12.1 Å². The summed E-state index contributed by atoms with van der Waals surface area (Å²) in [5.74, 6) is 0.621. The number of anilines is 2. The van der Waals surface area contributed by atoms with Gasteiger partial charge in [0, 0.05) is 12.3 Å². The molecule has 0 unspecified atom stereocenters. The molecule has 0 spiro atoms. The van der Waals surface area contributed by atoms with Crippen molar-refractivity contribution in [1.29, 1.82) is 0 Å². The van der Waals surface area contributed by atoms with Crippen LogP contribution in [-0.4, -0.2) is 37.2 Å². The lowest BCUT2D eigenvalue weighted by atomic mass is 9.86. The number of benzene rings is 1. The van der Waals surface area contributed by atoms with Crippen LogP contribution in [0.5, 0.6) is 17.2 Å². The first-order chi connectivity index (χ1) is 12.0. The minimum absolute atomic E-state index is 0.0606. The maximum Gasteiger partial charge on any atom is 0.258 e. The molecule has 9 heteroatoms. The van der Waals surface area contributed by atoms with Crippen molar-refractivity contribution >= 4 is 17.7 Å². The lowest BCUT2D eigenvalue weighted by Gasteiger charge is -2.25. The number of carbonyl (C=O) groups is 1. The van der Waals surface area contributed by atoms with Gasteiger partial charge in [-0.05, 0) is 17.7 Å². The molecule has 0 saturated heterocycles. The molecule has 25 heavy (non-hydrogen) atoms. The number of aromatic amines is 1. The number of nitrogens with zero attached hydrogens (tertiary/aromatic N) is 1. The van der Waals surface area contributed by atoms with E-state index in [1.165, 1.54) is 21.3 Å². The van der Waals surface area contributed by atoms with Crippen LogP contribution in [0.2, 0.25) is 0 Å². The molecule has 1 aromatic carbocycles. The number of hydrogen-bond acceptors (Lipinski definition) is 7. The van der Waals surface area contributed by atoms with Crippen molar-refractivity contribution in [1.82, 2.24) is 9.97 Å². The number of methoxy groups -OCH3 is 3. The van der Waals surface area contributed by atoms with Crippen LogP contribution in [0.4, 0.5) is 11.8 Å². The Morgan fingerprint density at radius 2 is 1.76 bits per heavy atom. The van der Waals surface area contributed by atoms with Gasteiger partial charge in [-0.3, -0.25) is 14.6 Å². The molecule has 2 aromatic rings. The Balaban J connectivity index is 2.21. The van der Waals surface area contributed by atoms with Crippen LogP contribution in [0, 0.1) is 0 Å². The highest BCUT2D eigenvalue weighted by Crippen LogP contribution is 2.43. The summed E-state index contributed by atoms with van der Waals surface area (Å²) in [5, 5.41) is 2.58. The van der Waals surface area contributed by atoms with Gasteiger partial charge in [0.1, 0.15) is 5.82 Å². The molecular weight excluding hydrogens is 328 g/mol. The zero-order chi connectivity index (χ0) is 18.1. The van der Waals surface area contributed by atoms with Crippen LogP contribution in [0.15, 0.2) is 16.9 Å². The lowest BCUT2D eigenvalue weighted by Crippen LogP contribution is -2.31. The fourth-order valence-electron chi connectivity index (χ4n) is 2.98. The molecule has 1 amide bonds. The van der Waals surface area contributed by atoms with Gasteiger partial charge in [0.05, 0.1) is 26.9 Å². The first-order valence-electron chi connectivity index (χ1n) is 7.48. The van der Waals surface area contributed by atoms with Gasteiger partial charge in [0.2, 0.25) is 17.6 Å². The molecule has 0 bridgehead atoms. The van der Waals surface area contributed by atoms with Gasteiger partial charge in [0.15, 0.2) is 11.5 Å². The Kier molecular flexibility index (Phi) is 4.22. The number of amides is 1. The van der Waals surface area contributed by atoms with E-state index in [1.807, 2.05) is 0 Å². The molecule has 1 atom stereocenters. The summed E-state index contributed by atoms with van der Waals surface area (Å²) in [4.78, 5) is 31.0. The van der Waals surface area contributed by atoms with E-state index in [0.717, 1.165) is 0 Å². The van der Waals surface area contributed by atoms with Crippen molar-refractivity contribution in [3.05, 3.63) is 33.6 Å².